The topological polar surface area (TPSA) is 47.3 Å². The molecule has 0 aromatic heterocycles. The molecule has 0 saturated carbocycles. The van der Waals surface area contributed by atoms with E-state index in [1.54, 1.807) is 36.4 Å². The number of benzene rings is 2. The van der Waals surface area contributed by atoms with E-state index in [2.05, 4.69) is 10.1 Å². The molecule has 3 nitrogen and oxygen atoms in total. The zero-order valence-corrected chi connectivity index (χ0v) is 12.2. The van der Waals surface area contributed by atoms with Gasteiger partial charge in [-0.1, -0.05) is 36.0 Å². The highest BCUT2D eigenvalue weighted by Crippen LogP contribution is 2.31. The summed E-state index contributed by atoms with van der Waals surface area (Å²) in [6.45, 7) is -2.91. The van der Waals surface area contributed by atoms with Crippen LogP contribution in [-0.4, -0.2) is 11.6 Å². The summed E-state index contributed by atoms with van der Waals surface area (Å²) in [5.41, 5.74) is 7.08. The van der Waals surface area contributed by atoms with Crippen LogP contribution in [0.15, 0.2) is 42.5 Å². The summed E-state index contributed by atoms with van der Waals surface area (Å²) in [4.78, 5) is 0.146. The van der Waals surface area contributed by atoms with E-state index < -0.39 is 6.61 Å². The van der Waals surface area contributed by atoms with Crippen molar-refractivity contribution in [3.63, 3.8) is 0 Å². The zero-order chi connectivity index (χ0) is 15.4. The summed E-state index contributed by atoms with van der Waals surface area (Å²) in [6.07, 6.45) is 0. The van der Waals surface area contributed by atoms with Crippen LogP contribution in [0.4, 0.5) is 20.2 Å². The number of halogens is 3. The van der Waals surface area contributed by atoms with Gasteiger partial charge in [-0.3, -0.25) is 0 Å². The minimum absolute atomic E-state index is 0.0244. The maximum Gasteiger partial charge on any atom is 0.387 e. The van der Waals surface area contributed by atoms with Crippen LogP contribution in [0.3, 0.4) is 0 Å². The van der Waals surface area contributed by atoms with Crippen LogP contribution in [0.2, 0.25) is 5.02 Å². The second kappa shape index (κ2) is 6.69. The van der Waals surface area contributed by atoms with Gasteiger partial charge in [-0.05, 0) is 30.3 Å². The molecule has 0 unspecified atom stereocenters. The molecule has 0 bridgehead atoms. The largest absolute Gasteiger partial charge is 0.433 e. The number of para-hydroxylation sites is 2. The van der Waals surface area contributed by atoms with Crippen LogP contribution in [0.5, 0.6) is 5.75 Å². The third kappa shape index (κ3) is 4.03. The van der Waals surface area contributed by atoms with Gasteiger partial charge in [0.15, 0.2) is 0 Å². The van der Waals surface area contributed by atoms with Crippen molar-refractivity contribution in [2.24, 2.45) is 5.73 Å². The van der Waals surface area contributed by atoms with Crippen LogP contribution in [0.1, 0.15) is 5.56 Å². The Labute approximate surface area is 130 Å². The molecule has 0 amide bonds. The van der Waals surface area contributed by atoms with E-state index in [1.165, 1.54) is 6.07 Å². The lowest BCUT2D eigenvalue weighted by Crippen LogP contribution is -2.12. The van der Waals surface area contributed by atoms with Crippen LogP contribution < -0.4 is 15.8 Å². The number of hydrogen-bond donors (Lipinski definition) is 2. The lowest BCUT2D eigenvalue weighted by Gasteiger charge is -2.15. The standard InChI is InChI=1S/C14H11ClF2N2OS/c15-8-5-6-10(9(7-8)13(18)21)19-11-3-1-2-4-12(11)20-14(16)17/h1-7,14,19H,(H2,18,21). The molecular formula is C14H11ClF2N2OS. The van der Waals surface area contributed by atoms with Gasteiger partial charge < -0.3 is 15.8 Å². The minimum Gasteiger partial charge on any atom is -0.433 e. The summed E-state index contributed by atoms with van der Waals surface area (Å²) in [6, 6.07) is 11.2. The van der Waals surface area contributed by atoms with Gasteiger partial charge in [0.25, 0.3) is 0 Å². The lowest BCUT2D eigenvalue weighted by molar-refractivity contribution is -0.0493. The van der Waals surface area contributed by atoms with Gasteiger partial charge in [-0.15, -0.1) is 0 Å². The Balaban J connectivity index is 2.37. The molecule has 0 aliphatic heterocycles. The molecule has 0 fully saturated rings. The van der Waals surface area contributed by atoms with E-state index in [-0.39, 0.29) is 10.7 Å². The maximum atomic E-state index is 12.4. The predicted octanol–water partition coefficient (Wildman–Crippen LogP) is 4.32. The molecule has 3 N–H and O–H groups in total. The van der Waals surface area contributed by atoms with Crippen LogP contribution in [0.25, 0.3) is 0 Å². The minimum atomic E-state index is -2.91. The Hall–Kier alpha value is -1.92. The summed E-state index contributed by atoms with van der Waals surface area (Å²) in [5, 5.41) is 3.44. The highest BCUT2D eigenvalue weighted by molar-refractivity contribution is 7.80. The van der Waals surface area contributed by atoms with E-state index in [4.69, 9.17) is 29.6 Å². The smallest absolute Gasteiger partial charge is 0.387 e. The van der Waals surface area contributed by atoms with Crippen LogP contribution in [0, 0.1) is 0 Å². The molecule has 0 spiro atoms. The molecular weight excluding hydrogens is 318 g/mol. The predicted molar refractivity (Wildman–Crippen MR) is 83.7 cm³/mol. The monoisotopic (exact) mass is 328 g/mol. The Bertz CT molecular complexity index is 667. The highest BCUT2D eigenvalue weighted by atomic mass is 35.5. The number of nitrogens with two attached hydrogens (primary N) is 1. The van der Waals surface area contributed by atoms with E-state index in [0.717, 1.165) is 0 Å². The highest BCUT2D eigenvalue weighted by Gasteiger charge is 2.12. The van der Waals surface area contributed by atoms with Crippen molar-refractivity contribution >= 4 is 40.2 Å². The maximum absolute atomic E-state index is 12.4. The molecule has 2 rings (SSSR count). The summed E-state index contributed by atoms with van der Waals surface area (Å²) in [7, 11) is 0. The van der Waals surface area contributed by atoms with Gasteiger partial charge in [-0.25, -0.2) is 0 Å². The van der Waals surface area contributed by atoms with E-state index in [9.17, 15) is 8.78 Å². The lowest BCUT2D eigenvalue weighted by atomic mass is 10.1. The molecule has 2 aromatic rings. The molecule has 2 aromatic carbocycles. The summed E-state index contributed by atoms with van der Waals surface area (Å²) < 4.78 is 29.2. The Morgan fingerprint density at radius 1 is 1.19 bits per heavy atom. The first kappa shape index (κ1) is 15.5. The molecule has 0 saturated heterocycles. The van der Waals surface area contributed by atoms with Crippen molar-refractivity contribution in [3.05, 3.63) is 53.1 Å². The Kier molecular flexibility index (Phi) is 4.93. The average Bonchev–Trinajstić information content (AvgIpc) is 2.42. The number of alkyl halides is 2. The fourth-order valence-corrected chi connectivity index (χ4v) is 2.08. The molecule has 0 aliphatic rings. The van der Waals surface area contributed by atoms with Crippen molar-refractivity contribution in [2.75, 3.05) is 5.32 Å². The third-order valence-corrected chi connectivity index (χ3v) is 3.07. The number of thiocarbonyl (C=S) groups is 1. The molecule has 0 radical (unpaired) electrons. The van der Waals surface area contributed by atoms with Gasteiger partial charge >= 0.3 is 6.61 Å². The molecule has 7 heteroatoms. The van der Waals surface area contributed by atoms with Crippen molar-refractivity contribution < 1.29 is 13.5 Å². The van der Waals surface area contributed by atoms with Crippen molar-refractivity contribution in [3.8, 4) is 5.75 Å². The first-order chi connectivity index (χ1) is 9.97. The quantitative estimate of drug-likeness (QED) is 0.802. The SMILES string of the molecule is NC(=S)c1cc(Cl)ccc1Nc1ccccc1OC(F)F. The number of anilines is 2. The number of ether oxygens (including phenoxy) is 1. The van der Waals surface area contributed by atoms with E-state index in [1.807, 2.05) is 0 Å². The number of nitrogens with one attached hydrogen (secondary N) is 1. The van der Waals surface area contributed by atoms with Crippen LogP contribution in [-0.2, 0) is 0 Å². The van der Waals surface area contributed by atoms with E-state index in [0.29, 0.717) is 22.0 Å². The average molecular weight is 329 g/mol. The van der Waals surface area contributed by atoms with Crippen molar-refractivity contribution in [1.29, 1.82) is 0 Å². The first-order valence-electron chi connectivity index (χ1n) is 5.87. The van der Waals surface area contributed by atoms with Crippen molar-refractivity contribution in [2.45, 2.75) is 6.61 Å². The zero-order valence-electron chi connectivity index (χ0n) is 10.6. The Morgan fingerprint density at radius 3 is 2.57 bits per heavy atom. The first-order valence-corrected chi connectivity index (χ1v) is 6.66. The molecule has 0 heterocycles. The van der Waals surface area contributed by atoms with Gasteiger partial charge in [0.05, 0.1) is 5.69 Å². The van der Waals surface area contributed by atoms with Crippen LogP contribution >= 0.6 is 23.8 Å². The fourth-order valence-electron chi connectivity index (χ4n) is 1.74. The molecule has 21 heavy (non-hydrogen) atoms. The van der Waals surface area contributed by atoms with Gasteiger partial charge in [0.2, 0.25) is 0 Å². The summed E-state index contributed by atoms with van der Waals surface area (Å²) >= 11 is 10.9. The molecule has 0 atom stereocenters. The Morgan fingerprint density at radius 2 is 1.90 bits per heavy atom. The second-order valence-electron chi connectivity index (χ2n) is 4.05. The van der Waals surface area contributed by atoms with Crippen molar-refractivity contribution in [1.82, 2.24) is 0 Å². The molecule has 110 valence electrons. The number of hydrogen-bond acceptors (Lipinski definition) is 3. The fraction of sp³-hybridized carbons (Fsp3) is 0.0714. The summed E-state index contributed by atoms with van der Waals surface area (Å²) in [5.74, 6) is 0.0244. The van der Waals surface area contributed by atoms with E-state index >= 15 is 0 Å². The van der Waals surface area contributed by atoms with Gasteiger partial charge in [0, 0.05) is 16.3 Å². The van der Waals surface area contributed by atoms with Gasteiger partial charge in [-0.2, -0.15) is 8.78 Å². The third-order valence-electron chi connectivity index (χ3n) is 2.62. The normalized spacial score (nSPS) is 10.5. The second-order valence-corrected chi connectivity index (χ2v) is 4.93. The number of rotatable bonds is 5. The molecule has 0 aliphatic carbocycles. The van der Waals surface area contributed by atoms with Gasteiger partial charge in [0.1, 0.15) is 10.7 Å².